The Morgan fingerprint density at radius 1 is 1.35 bits per heavy atom. The SMILES string of the molecule is Cc1cccc(SCC(=O)N2CCC(C(=O)O)CC2)c1. The fourth-order valence-electron chi connectivity index (χ4n) is 2.32. The zero-order valence-electron chi connectivity index (χ0n) is 11.5. The lowest BCUT2D eigenvalue weighted by molar-refractivity contribution is -0.145. The second-order valence-corrected chi connectivity index (χ2v) is 6.15. The molecule has 0 atom stereocenters. The number of hydrogen-bond donors (Lipinski definition) is 1. The number of benzene rings is 1. The van der Waals surface area contributed by atoms with Gasteiger partial charge in [0.05, 0.1) is 11.7 Å². The summed E-state index contributed by atoms with van der Waals surface area (Å²) in [6, 6.07) is 8.08. The van der Waals surface area contributed by atoms with Crippen LogP contribution in [0.15, 0.2) is 29.2 Å². The van der Waals surface area contributed by atoms with Crippen LogP contribution in [-0.4, -0.2) is 40.7 Å². The molecule has 1 amide bonds. The lowest BCUT2D eigenvalue weighted by Crippen LogP contribution is -2.41. The van der Waals surface area contributed by atoms with Gasteiger partial charge in [-0.1, -0.05) is 17.7 Å². The third-order valence-electron chi connectivity index (χ3n) is 3.55. The maximum Gasteiger partial charge on any atom is 0.306 e. The van der Waals surface area contributed by atoms with Crippen molar-refractivity contribution in [3.63, 3.8) is 0 Å². The molecular weight excluding hydrogens is 274 g/mol. The van der Waals surface area contributed by atoms with Crippen molar-refractivity contribution in [1.82, 2.24) is 4.90 Å². The number of nitrogens with zero attached hydrogens (tertiary/aromatic N) is 1. The third-order valence-corrected chi connectivity index (χ3v) is 4.53. The summed E-state index contributed by atoms with van der Waals surface area (Å²) in [5.74, 6) is -0.517. The van der Waals surface area contributed by atoms with Crippen molar-refractivity contribution in [3.8, 4) is 0 Å². The zero-order chi connectivity index (χ0) is 14.5. The van der Waals surface area contributed by atoms with E-state index in [-0.39, 0.29) is 11.8 Å². The van der Waals surface area contributed by atoms with Crippen molar-refractivity contribution >= 4 is 23.6 Å². The molecule has 0 unspecified atom stereocenters. The average Bonchev–Trinajstić information content (AvgIpc) is 2.45. The highest BCUT2D eigenvalue weighted by molar-refractivity contribution is 8.00. The number of carbonyl (C=O) groups is 2. The van der Waals surface area contributed by atoms with E-state index in [1.54, 1.807) is 4.90 Å². The number of hydrogen-bond acceptors (Lipinski definition) is 3. The molecule has 1 aromatic carbocycles. The number of carbonyl (C=O) groups excluding carboxylic acids is 1. The lowest BCUT2D eigenvalue weighted by Gasteiger charge is -2.30. The molecule has 0 spiro atoms. The first kappa shape index (κ1) is 14.9. The van der Waals surface area contributed by atoms with Gasteiger partial charge >= 0.3 is 5.97 Å². The van der Waals surface area contributed by atoms with Gasteiger partial charge in [0.15, 0.2) is 0 Å². The lowest BCUT2D eigenvalue weighted by atomic mass is 9.97. The summed E-state index contributed by atoms with van der Waals surface area (Å²) in [6.45, 7) is 3.15. The fraction of sp³-hybridized carbons (Fsp3) is 0.467. The van der Waals surface area contributed by atoms with Gasteiger partial charge in [-0.3, -0.25) is 9.59 Å². The normalized spacial score (nSPS) is 16.1. The Morgan fingerprint density at radius 2 is 2.05 bits per heavy atom. The molecule has 0 saturated carbocycles. The smallest absolute Gasteiger partial charge is 0.306 e. The number of piperidine rings is 1. The molecule has 1 heterocycles. The van der Waals surface area contributed by atoms with E-state index in [0.29, 0.717) is 31.7 Å². The molecule has 5 heteroatoms. The van der Waals surface area contributed by atoms with Crippen molar-refractivity contribution in [2.75, 3.05) is 18.8 Å². The van der Waals surface area contributed by atoms with Crippen LogP contribution in [0.4, 0.5) is 0 Å². The van der Waals surface area contributed by atoms with E-state index in [1.807, 2.05) is 25.1 Å². The van der Waals surface area contributed by atoms with E-state index in [9.17, 15) is 9.59 Å². The molecule has 1 aromatic rings. The van der Waals surface area contributed by atoms with Gasteiger partial charge in [-0.15, -0.1) is 11.8 Å². The van der Waals surface area contributed by atoms with Crippen LogP contribution in [0.5, 0.6) is 0 Å². The molecule has 0 bridgehead atoms. The summed E-state index contributed by atoms with van der Waals surface area (Å²) in [7, 11) is 0. The molecule has 0 radical (unpaired) electrons. The highest BCUT2D eigenvalue weighted by atomic mass is 32.2. The quantitative estimate of drug-likeness (QED) is 0.866. The molecular formula is C15H19NO3S. The summed E-state index contributed by atoms with van der Waals surface area (Å²) in [5.41, 5.74) is 1.18. The average molecular weight is 293 g/mol. The predicted octanol–water partition coefficient (Wildman–Crippen LogP) is 2.41. The largest absolute Gasteiger partial charge is 0.481 e. The van der Waals surface area contributed by atoms with Crippen molar-refractivity contribution in [2.24, 2.45) is 5.92 Å². The highest BCUT2D eigenvalue weighted by Gasteiger charge is 2.26. The van der Waals surface area contributed by atoms with Gasteiger partial charge in [-0.2, -0.15) is 0 Å². The monoisotopic (exact) mass is 293 g/mol. The Labute approximate surface area is 123 Å². The Balaban J connectivity index is 1.80. The van der Waals surface area contributed by atoms with Crippen LogP contribution in [0.25, 0.3) is 0 Å². The maximum absolute atomic E-state index is 12.1. The number of aliphatic carboxylic acids is 1. The number of carboxylic acid groups (broad SMARTS) is 1. The molecule has 1 aliphatic rings. The van der Waals surface area contributed by atoms with Gasteiger partial charge in [0, 0.05) is 18.0 Å². The van der Waals surface area contributed by atoms with Crippen LogP contribution in [-0.2, 0) is 9.59 Å². The van der Waals surface area contributed by atoms with Crippen LogP contribution in [0.2, 0.25) is 0 Å². The Morgan fingerprint density at radius 3 is 2.65 bits per heavy atom. The van der Waals surface area contributed by atoms with E-state index in [0.717, 1.165) is 4.90 Å². The molecule has 0 aliphatic carbocycles. The minimum atomic E-state index is -0.744. The standard InChI is InChI=1S/C15H19NO3S/c1-11-3-2-4-13(9-11)20-10-14(17)16-7-5-12(6-8-16)15(18)19/h2-4,9,12H,5-8,10H2,1H3,(H,18,19). The topological polar surface area (TPSA) is 57.6 Å². The van der Waals surface area contributed by atoms with Gasteiger partial charge < -0.3 is 10.0 Å². The maximum atomic E-state index is 12.1. The Bertz CT molecular complexity index is 496. The second-order valence-electron chi connectivity index (χ2n) is 5.10. The number of aryl methyl sites for hydroxylation is 1. The van der Waals surface area contributed by atoms with E-state index >= 15 is 0 Å². The van der Waals surface area contributed by atoms with E-state index in [1.165, 1.54) is 17.3 Å². The first-order chi connectivity index (χ1) is 9.56. The molecule has 1 N–H and O–H groups in total. The van der Waals surface area contributed by atoms with Crippen LogP contribution < -0.4 is 0 Å². The molecule has 20 heavy (non-hydrogen) atoms. The van der Waals surface area contributed by atoms with Crippen molar-refractivity contribution in [1.29, 1.82) is 0 Å². The highest BCUT2D eigenvalue weighted by Crippen LogP contribution is 2.22. The molecule has 4 nitrogen and oxygen atoms in total. The summed E-state index contributed by atoms with van der Waals surface area (Å²) in [6.07, 6.45) is 1.13. The van der Waals surface area contributed by atoms with Crippen LogP contribution >= 0.6 is 11.8 Å². The van der Waals surface area contributed by atoms with Crippen LogP contribution in [0, 0.1) is 12.8 Å². The Kier molecular flexibility index (Phi) is 5.06. The predicted molar refractivity (Wildman–Crippen MR) is 78.8 cm³/mol. The summed E-state index contributed by atoms with van der Waals surface area (Å²) < 4.78 is 0. The van der Waals surface area contributed by atoms with E-state index in [4.69, 9.17) is 5.11 Å². The number of carboxylic acids is 1. The molecule has 1 saturated heterocycles. The van der Waals surface area contributed by atoms with Gasteiger partial charge in [0.1, 0.15) is 0 Å². The van der Waals surface area contributed by atoms with E-state index < -0.39 is 5.97 Å². The van der Waals surface area contributed by atoms with Gasteiger partial charge in [-0.05, 0) is 31.9 Å². The number of thioether (sulfide) groups is 1. The van der Waals surface area contributed by atoms with Crippen LogP contribution in [0.3, 0.4) is 0 Å². The van der Waals surface area contributed by atoms with Crippen molar-refractivity contribution in [2.45, 2.75) is 24.7 Å². The number of likely N-dealkylation sites (tertiary alicyclic amines) is 1. The minimum absolute atomic E-state index is 0.0975. The molecule has 0 aromatic heterocycles. The summed E-state index contributed by atoms with van der Waals surface area (Å²) in [5, 5.41) is 8.93. The van der Waals surface area contributed by atoms with Gasteiger partial charge in [0.2, 0.25) is 5.91 Å². The number of rotatable bonds is 4. The molecule has 1 fully saturated rings. The van der Waals surface area contributed by atoms with Crippen molar-refractivity contribution in [3.05, 3.63) is 29.8 Å². The summed E-state index contributed by atoms with van der Waals surface area (Å²) in [4.78, 5) is 25.8. The number of amides is 1. The molecule has 1 aliphatic heterocycles. The third kappa shape index (κ3) is 4.00. The van der Waals surface area contributed by atoms with Gasteiger partial charge in [-0.25, -0.2) is 0 Å². The molecule has 108 valence electrons. The van der Waals surface area contributed by atoms with E-state index in [2.05, 4.69) is 6.07 Å². The zero-order valence-corrected chi connectivity index (χ0v) is 12.4. The first-order valence-electron chi connectivity index (χ1n) is 6.76. The van der Waals surface area contributed by atoms with Crippen molar-refractivity contribution < 1.29 is 14.7 Å². The second kappa shape index (κ2) is 6.79. The van der Waals surface area contributed by atoms with Crippen LogP contribution in [0.1, 0.15) is 18.4 Å². The van der Waals surface area contributed by atoms with Gasteiger partial charge in [0.25, 0.3) is 0 Å². The Hall–Kier alpha value is -1.49. The minimum Gasteiger partial charge on any atom is -0.481 e. The summed E-state index contributed by atoms with van der Waals surface area (Å²) >= 11 is 1.54. The first-order valence-corrected chi connectivity index (χ1v) is 7.75. The fourth-order valence-corrected chi connectivity index (χ4v) is 3.23. The molecule has 2 rings (SSSR count).